The highest BCUT2D eigenvalue weighted by Crippen LogP contribution is 2.28. The number of hydrogen-bond donors (Lipinski definition) is 0. The van der Waals surface area contributed by atoms with Crippen LogP contribution in [0.15, 0.2) is 29.4 Å². The number of non-ortho nitro benzene ring substituents is 1. The number of rotatable bonds is 2. The fraction of sp³-hybridized carbons (Fsp3) is 0.333. The summed E-state index contributed by atoms with van der Waals surface area (Å²) in [6.45, 7) is 0.942. The highest BCUT2D eigenvalue weighted by molar-refractivity contribution is 6.15. The molecule has 1 aromatic rings. The zero-order chi connectivity index (χ0) is 13.4. The molecule has 1 aromatic carbocycles. The first kappa shape index (κ1) is 11.8. The Hall–Kier alpha value is -2.28. The summed E-state index contributed by atoms with van der Waals surface area (Å²) in [6, 6.07) is 5.78. The number of amides is 1. The summed E-state index contributed by atoms with van der Waals surface area (Å²) in [6.07, 6.45) is 0.653. The quantitative estimate of drug-likeness (QED) is 0.593. The molecule has 0 spiro atoms. The molecular weight excluding hydrogens is 250 g/mol. The van der Waals surface area contributed by atoms with Gasteiger partial charge in [0.1, 0.15) is 5.92 Å². The average molecular weight is 261 g/mol. The van der Waals surface area contributed by atoms with Gasteiger partial charge in [-0.05, 0) is 12.1 Å². The SMILES string of the molecule is O=C1C2COCCC2=NN1c1ccc([N+](=O)[O-])cc1. The van der Waals surface area contributed by atoms with Gasteiger partial charge >= 0.3 is 0 Å². The van der Waals surface area contributed by atoms with E-state index < -0.39 is 4.92 Å². The van der Waals surface area contributed by atoms with Crippen molar-refractivity contribution in [1.29, 1.82) is 0 Å². The van der Waals surface area contributed by atoms with Crippen molar-refractivity contribution >= 4 is 23.0 Å². The number of ether oxygens (including phenoxy) is 1. The summed E-state index contributed by atoms with van der Waals surface area (Å²) < 4.78 is 5.27. The Balaban J connectivity index is 1.88. The molecule has 2 aliphatic rings. The lowest BCUT2D eigenvalue weighted by atomic mass is 10.0. The van der Waals surface area contributed by atoms with Gasteiger partial charge in [-0.2, -0.15) is 5.10 Å². The molecule has 1 amide bonds. The summed E-state index contributed by atoms with van der Waals surface area (Å²) in [7, 11) is 0. The molecule has 98 valence electrons. The van der Waals surface area contributed by atoms with Crippen LogP contribution in [0.1, 0.15) is 6.42 Å². The van der Waals surface area contributed by atoms with Crippen molar-refractivity contribution in [2.45, 2.75) is 6.42 Å². The number of fused-ring (bicyclic) bond motifs is 1. The fourth-order valence-corrected chi connectivity index (χ4v) is 2.21. The summed E-state index contributed by atoms with van der Waals surface area (Å²) in [5, 5.41) is 16.2. The van der Waals surface area contributed by atoms with Crippen LogP contribution in [0, 0.1) is 16.0 Å². The van der Waals surface area contributed by atoms with Crippen LogP contribution >= 0.6 is 0 Å². The lowest BCUT2D eigenvalue weighted by Crippen LogP contribution is -2.33. The van der Waals surface area contributed by atoms with Crippen molar-refractivity contribution in [1.82, 2.24) is 0 Å². The molecule has 2 heterocycles. The monoisotopic (exact) mass is 261 g/mol. The van der Waals surface area contributed by atoms with Crippen molar-refractivity contribution in [3.63, 3.8) is 0 Å². The molecule has 7 nitrogen and oxygen atoms in total. The second kappa shape index (κ2) is 4.43. The third-order valence-corrected chi connectivity index (χ3v) is 3.23. The molecular formula is C12H11N3O4. The first-order chi connectivity index (χ1) is 9.16. The van der Waals surface area contributed by atoms with E-state index in [-0.39, 0.29) is 17.5 Å². The molecule has 0 radical (unpaired) electrons. The number of nitrogens with zero attached hydrogens (tertiary/aromatic N) is 3. The van der Waals surface area contributed by atoms with Gasteiger partial charge in [-0.25, -0.2) is 5.01 Å². The van der Waals surface area contributed by atoms with E-state index in [0.29, 0.717) is 25.3 Å². The standard InChI is InChI=1S/C12H11N3O4/c16-12-10-7-19-6-5-11(10)13-14(12)8-1-3-9(4-2-8)15(17)18/h1-4,10H,5-7H2. The van der Waals surface area contributed by atoms with E-state index in [4.69, 9.17) is 4.74 Å². The highest BCUT2D eigenvalue weighted by atomic mass is 16.6. The van der Waals surface area contributed by atoms with Crippen molar-refractivity contribution < 1.29 is 14.5 Å². The molecule has 0 N–H and O–H groups in total. The molecule has 19 heavy (non-hydrogen) atoms. The number of carbonyl (C=O) groups is 1. The molecule has 2 aliphatic heterocycles. The first-order valence-electron chi connectivity index (χ1n) is 5.90. The largest absolute Gasteiger partial charge is 0.380 e. The van der Waals surface area contributed by atoms with E-state index in [2.05, 4.69) is 5.10 Å². The number of nitro benzene ring substituents is 1. The molecule has 1 atom stereocenters. The molecule has 1 unspecified atom stereocenters. The van der Waals surface area contributed by atoms with Crippen LogP contribution in [-0.2, 0) is 9.53 Å². The topological polar surface area (TPSA) is 85.0 Å². The van der Waals surface area contributed by atoms with E-state index in [1.807, 2.05) is 0 Å². The number of benzene rings is 1. The van der Waals surface area contributed by atoms with Crippen LogP contribution < -0.4 is 5.01 Å². The lowest BCUT2D eigenvalue weighted by molar-refractivity contribution is -0.384. The number of carbonyl (C=O) groups excluding carboxylic acids is 1. The van der Waals surface area contributed by atoms with Crippen molar-refractivity contribution in [3.05, 3.63) is 34.4 Å². The summed E-state index contributed by atoms with van der Waals surface area (Å²) in [5.41, 5.74) is 1.36. The van der Waals surface area contributed by atoms with Gasteiger partial charge in [0.05, 0.1) is 29.5 Å². The maximum Gasteiger partial charge on any atom is 0.269 e. The van der Waals surface area contributed by atoms with Crippen LogP contribution in [0.4, 0.5) is 11.4 Å². The minimum absolute atomic E-state index is 0.0104. The lowest BCUT2D eigenvalue weighted by Gasteiger charge is -2.17. The molecule has 0 aliphatic carbocycles. The van der Waals surface area contributed by atoms with Crippen molar-refractivity contribution in [3.8, 4) is 0 Å². The second-order valence-electron chi connectivity index (χ2n) is 4.39. The Bertz CT molecular complexity index is 567. The number of hydrogen-bond acceptors (Lipinski definition) is 5. The molecule has 7 heteroatoms. The van der Waals surface area contributed by atoms with Gasteiger partial charge < -0.3 is 4.74 Å². The van der Waals surface area contributed by atoms with Gasteiger partial charge in [0.25, 0.3) is 11.6 Å². The van der Waals surface area contributed by atoms with Crippen LogP contribution in [0.25, 0.3) is 0 Å². The highest BCUT2D eigenvalue weighted by Gasteiger charge is 2.38. The van der Waals surface area contributed by atoms with Crippen molar-refractivity contribution in [2.75, 3.05) is 18.2 Å². The van der Waals surface area contributed by atoms with E-state index in [1.165, 1.54) is 29.3 Å². The Morgan fingerprint density at radius 3 is 2.74 bits per heavy atom. The Kier molecular flexibility index (Phi) is 2.75. The zero-order valence-corrected chi connectivity index (χ0v) is 9.98. The van der Waals surface area contributed by atoms with Crippen LogP contribution in [-0.4, -0.2) is 29.8 Å². The van der Waals surface area contributed by atoms with Crippen LogP contribution in [0.3, 0.4) is 0 Å². The minimum atomic E-state index is -0.477. The molecule has 1 saturated heterocycles. The van der Waals surface area contributed by atoms with Gasteiger partial charge in [-0.1, -0.05) is 0 Å². The predicted molar refractivity (Wildman–Crippen MR) is 66.9 cm³/mol. The van der Waals surface area contributed by atoms with Gasteiger partial charge in [0.15, 0.2) is 0 Å². The maximum atomic E-state index is 12.2. The Morgan fingerprint density at radius 2 is 2.11 bits per heavy atom. The summed E-state index contributed by atoms with van der Waals surface area (Å²) in [5.74, 6) is -0.438. The average Bonchev–Trinajstić information content (AvgIpc) is 2.77. The van der Waals surface area contributed by atoms with Gasteiger partial charge in [-0.3, -0.25) is 14.9 Å². The normalized spacial score (nSPS) is 22.1. The molecule has 1 fully saturated rings. The third-order valence-electron chi connectivity index (χ3n) is 3.23. The summed E-state index contributed by atoms with van der Waals surface area (Å²) >= 11 is 0. The van der Waals surface area contributed by atoms with Gasteiger partial charge in [-0.15, -0.1) is 0 Å². The second-order valence-corrected chi connectivity index (χ2v) is 4.39. The molecule has 0 saturated carbocycles. The van der Waals surface area contributed by atoms with Crippen LogP contribution in [0.5, 0.6) is 0 Å². The number of hydrazone groups is 1. The third kappa shape index (κ3) is 1.97. The van der Waals surface area contributed by atoms with Gasteiger partial charge in [0, 0.05) is 18.6 Å². The van der Waals surface area contributed by atoms with E-state index in [1.54, 1.807) is 0 Å². The zero-order valence-electron chi connectivity index (χ0n) is 9.98. The predicted octanol–water partition coefficient (Wildman–Crippen LogP) is 1.33. The fourth-order valence-electron chi connectivity index (χ4n) is 2.21. The van der Waals surface area contributed by atoms with E-state index >= 15 is 0 Å². The maximum absolute atomic E-state index is 12.2. The van der Waals surface area contributed by atoms with E-state index in [0.717, 1.165) is 5.71 Å². The smallest absolute Gasteiger partial charge is 0.269 e. The molecule has 0 bridgehead atoms. The Morgan fingerprint density at radius 1 is 1.37 bits per heavy atom. The molecule has 3 rings (SSSR count). The number of nitro groups is 1. The van der Waals surface area contributed by atoms with Gasteiger partial charge in [0.2, 0.25) is 0 Å². The Labute approximate surface area is 108 Å². The van der Waals surface area contributed by atoms with Crippen LogP contribution in [0.2, 0.25) is 0 Å². The van der Waals surface area contributed by atoms with Crippen molar-refractivity contribution in [2.24, 2.45) is 11.0 Å². The number of anilines is 1. The van der Waals surface area contributed by atoms with E-state index in [9.17, 15) is 14.9 Å². The minimum Gasteiger partial charge on any atom is -0.380 e. The summed E-state index contributed by atoms with van der Waals surface area (Å²) in [4.78, 5) is 22.3. The molecule has 0 aromatic heterocycles. The first-order valence-corrected chi connectivity index (χ1v) is 5.90.